The van der Waals surface area contributed by atoms with E-state index in [1.807, 2.05) is 49.4 Å². The molecule has 1 unspecified atom stereocenters. The molecular formula is C16H18N2O. The molecule has 98 valence electrons. The zero-order valence-corrected chi connectivity index (χ0v) is 11.0. The minimum atomic E-state index is -0.0695. The largest absolute Gasteiger partial charge is 0.399 e. The van der Waals surface area contributed by atoms with Crippen LogP contribution in [-0.4, -0.2) is 5.91 Å². The van der Waals surface area contributed by atoms with E-state index in [-0.39, 0.29) is 11.8 Å². The molecule has 0 heterocycles. The van der Waals surface area contributed by atoms with E-state index in [0.29, 0.717) is 5.69 Å². The second-order valence-electron chi connectivity index (χ2n) is 4.70. The molecule has 3 heteroatoms. The summed E-state index contributed by atoms with van der Waals surface area (Å²) < 4.78 is 0. The third-order valence-corrected chi connectivity index (χ3v) is 3.01. The van der Waals surface area contributed by atoms with Gasteiger partial charge in [-0.1, -0.05) is 37.3 Å². The number of nitrogens with one attached hydrogen (secondary N) is 1. The molecule has 0 spiro atoms. The number of nitrogens with two attached hydrogens (primary N) is 1. The van der Waals surface area contributed by atoms with Crippen LogP contribution < -0.4 is 11.1 Å². The number of hydrogen-bond acceptors (Lipinski definition) is 2. The first-order chi connectivity index (χ1) is 9.15. The highest BCUT2D eigenvalue weighted by Crippen LogP contribution is 2.14. The average molecular weight is 254 g/mol. The van der Waals surface area contributed by atoms with Crippen LogP contribution in [0.15, 0.2) is 54.6 Å². The molecule has 2 aromatic carbocycles. The molecule has 0 aliphatic carbocycles. The molecular weight excluding hydrogens is 236 g/mol. The predicted octanol–water partition coefficient (Wildman–Crippen LogP) is 3.09. The number of anilines is 2. The Labute approximate surface area is 113 Å². The normalized spacial score (nSPS) is 11.8. The van der Waals surface area contributed by atoms with Crippen molar-refractivity contribution in [2.75, 3.05) is 11.1 Å². The Morgan fingerprint density at radius 1 is 1.11 bits per heavy atom. The van der Waals surface area contributed by atoms with Crippen LogP contribution in [0.1, 0.15) is 12.5 Å². The first-order valence-corrected chi connectivity index (χ1v) is 6.35. The molecule has 2 aromatic rings. The minimum absolute atomic E-state index is 0.0219. The fraction of sp³-hybridized carbons (Fsp3) is 0.188. The van der Waals surface area contributed by atoms with Crippen LogP contribution in [0.25, 0.3) is 0 Å². The van der Waals surface area contributed by atoms with E-state index in [9.17, 15) is 4.79 Å². The third-order valence-electron chi connectivity index (χ3n) is 3.01. The van der Waals surface area contributed by atoms with Crippen molar-refractivity contribution in [2.45, 2.75) is 13.3 Å². The molecule has 1 amide bonds. The molecule has 1 atom stereocenters. The van der Waals surface area contributed by atoms with E-state index in [1.54, 1.807) is 12.1 Å². The number of rotatable bonds is 4. The van der Waals surface area contributed by atoms with E-state index in [4.69, 9.17) is 5.73 Å². The van der Waals surface area contributed by atoms with Crippen LogP contribution in [0.2, 0.25) is 0 Å². The second-order valence-corrected chi connectivity index (χ2v) is 4.70. The molecule has 0 aromatic heterocycles. The lowest BCUT2D eigenvalue weighted by Crippen LogP contribution is -2.22. The number of amides is 1. The zero-order chi connectivity index (χ0) is 13.7. The van der Waals surface area contributed by atoms with Gasteiger partial charge in [0.2, 0.25) is 5.91 Å². The summed E-state index contributed by atoms with van der Waals surface area (Å²) in [6.45, 7) is 1.93. The molecule has 0 fully saturated rings. The molecule has 3 N–H and O–H groups in total. The number of hydrogen-bond donors (Lipinski definition) is 2. The van der Waals surface area contributed by atoms with Crippen molar-refractivity contribution < 1.29 is 4.79 Å². The van der Waals surface area contributed by atoms with Gasteiger partial charge in [-0.15, -0.1) is 0 Å². The van der Waals surface area contributed by atoms with Crippen LogP contribution in [0, 0.1) is 5.92 Å². The first kappa shape index (κ1) is 13.1. The van der Waals surface area contributed by atoms with E-state index >= 15 is 0 Å². The quantitative estimate of drug-likeness (QED) is 0.824. The Kier molecular flexibility index (Phi) is 4.18. The van der Waals surface area contributed by atoms with Crippen LogP contribution in [0.4, 0.5) is 11.4 Å². The summed E-state index contributed by atoms with van der Waals surface area (Å²) >= 11 is 0. The van der Waals surface area contributed by atoms with Gasteiger partial charge < -0.3 is 11.1 Å². The monoisotopic (exact) mass is 254 g/mol. The Morgan fingerprint density at radius 3 is 2.37 bits per heavy atom. The van der Waals surface area contributed by atoms with Crippen molar-refractivity contribution in [1.82, 2.24) is 0 Å². The lowest BCUT2D eigenvalue weighted by molar-refractivity contribution is -0.119. The zero-order valence-electron chi connectivity index (χ0n) is 11.0. The van der Waals surface area contributed by atoms with Crippen molar-refractivity contribution in [3.63, 3.8) is 0 Å². The highest BCUT2D eigenvalue weighted by atomic mass is 16.1. The molecule has 3 nitrogen and oxygen atoms in total. The highest BCUT2D eigenvalue weighted by Gasteiger charge is 2.13. The van der Waals surface area contributed by atoms with Gasteiger partial charge in [-0.2, -0.15) is 0 Å². The smallest absolute Gasteiger partial charge is 0.227 e. The third kappa shape index (κ3) is 3.85. The Hall–Kier alpha value is -2.29. The van der Waals surface area contributed by atoms with Crippen LogP contribution in [0.3, 0.4) is 0 Å². The number of carbonyl (C=O) groups is 1. The van der Waals surface area contributed by atoms with Gasteiger partial charge in [0.05, 0.1) is 0 Å². The van der Waals surface area contributed by atoms with Gasteiger partial charge in [0.15, 0.2) is 0 Å². The summed E-state index contributed by atoms with van der Waals surface area (Å²) in [5.41, 5.74) is 8.24. The van der Waals surface area contributed by atoms with Crippen molar-refractivity contribution >= 4 is 17.3 Å². The van der Waals surface area contributed by atoms with Crippen LogP contribution >= 0.6 is 0 Å². The lowest BCUT2D eigenvalue weighted by atomic mass is 10.0. The average Bonchev–Trinajstić information content (AvgIpc) is 2.42. The van der Waals surface area contributed by atoms with Crippen molar-refractivity contribution in [1.29, 1.82) is 0 Å². The SMILES string of the molecule is CC(Cc1ccccc1)C(=O)Nc1ccc(N)cc1. The molecule has 0 bridgehead atoms. The minimum Gasteiger partial charge on any atom is -0.399 e. The summed E-state index contributed by atoms with van der Waals surface area (Å²) in [7, 11) is 0. The molecule has 0 radical (unpaired) electrons. The van der Waals surface area contributed by atoms with E-state index in [0.717, 1.165) is 12.1 Å². The molecule has 0 saturated carbocycles. The van der Waals surface area contributed by atoms with E-state index in [2.05, 4.69) is 5.32 Å². The maximum atomic E-state index is 12.1. The predicted molar refractivity (Wildman–Crippen MR) is 78.8 cm³/mol. The van der Waals surface area contributed by atoms with Gasteiger partial charge in [-0.3, -0.25) is 4.79 Å². The molecule has 0 aliphatic heterocycles. The van der Waals surface area contributed by atoms with Gasteiger partial charge in [0.1, 0.15) is 0 Å². The van der Waals surface area contributed by atoms with Crippen LogP contribution in [0.5, 0.6) is 0 Å². The summed E-state index contributed by atoms with van der Waals surface area (Å²) in [6.07, 6.45) is 0.738. The first-order valence-electron chi connectivity index (χ1n) is 6.35. The Morgan fingerprint density at radius 2 is 1.74 bits per heavy atom. The number of carbonyl (C=O) groups excluding carboxylic acids is 1. The molecule has 0 aliphatic rings. The van der Waals surface area contributed by atoms with Gasteiger partial charge in [0, 0.05) is 17.3 Å². The van der Waals surface area contributed by atoms with Gasteiger partial charge in [0.25, 0.3) is 0 Å². The summed E-state index contributed by atoms with van der Waals surface area (Å²) in [4.78, 5) is 12.1. The van der Waals surface area contributed by atoms with Gasteiger partial charge >= 0.3 is 0 Å². The summed E-state index contributed by atoms with van der Waals surface area (Å²) in [5, 5.41) is 2.89. The standard InChI is InChI=1S/C16H18N2O/c1-12(11-13-5-3-2-4-6-13)16(19)18-15-9-7-14(17)8-10-15/h2-10,12H,11,17H2,1H3,(H,18,19). The maximum Gasteiger partial charge on any atom is 0.227 e. The van der Waals surface area contributed by atoms with Gasteiger partial charge in [-0.05, 0) is 36.2 Å². The Bertz CT molecular complexity index is 534. The van der Waals surface area contributed by atoms with Crippen molar-refractivity contribution in [2.24, 2.45) is 5.92 Å². The Balaban J connectivity index is 1.94. The number of nitrogen functional groups attached to an aromatic ring is 1. The molecule has 0 saturated heterocycles. The molecule has 19 heavy (non-hydrogen) atoms. The fourth-order valence-corrected chi connectivity index (χ4v) is 1.89. The van der Waals surface area contributed by atoms with Crippen LogP contribution in [-0.2, 0) is 11.2 Å². The number of benzene rings is 2. The summed E-state index contributed by atoms with van der Waals surface area (Å²) in [6, 6.07) is 17.2. The van der Waals surface area contributed by atoms with E-state index < -0.39 is 0 Å². The molecule has 2 rings (SSSR count). The van der Waals surface area contributed by atoms with Crippen molar-refractivity contribution in [3.8, 4) is 0 Å². The van der Waals surface area contributed by atoms with Gasteiger partial charge in [-0.25, -0.2) is 0 Å². The summed E-state index contributed by atoms with van der Waals surface area (Å²) in [5.74, 6) is -0.0476. The second kappa shape index (κ2) is 6.05. The lowest BCUT2D eigenvalue weighted by Gasteiger charge is -2.12. The fourth-order valence-electron chi connectivity index (χ4n) is 1.89. The highest BCUT2D eigenvalue weighted by molar-refractivity contribution is 5.92. The topological polar surface area (TPSA) is 55.1 Å². The maximum absolute atomic E-state index is 12.1. The van der Waals surface area contributed by atoms with Crippen molar-refractivity contribution in [3.05, 3.63) is 60.2 Å². The van der Waals surface area contributed by atoms with E-state index in [1.165, 1.54) is 5.56 Å².